The van der Waals surface area contributed by atoms with Crippen LogP contribution in [0.4, 0.5) is 0 Å². The molecular weight excluding hydrogens is 372 g/mol. The fourth-order valence-corrected chi connectivity index (χ4v) is 2.26. The van der Waals surface area contributed by atoms with Crippen molar-refractivity contribution in [2.45, 2.75) is 4.83 Å². The topological polar surface area (TPSA) is 42.0 Å². The van der Waals surface area contributed by atoms with Gasteiger partial charge in [0.2, 0.25) is 0 Å². The molecule has 5 heteroatoms. The molecule has 0 saturated carbocycles. The number of benzene rings is 1. The minimum Gasteiger partial charge on any atom is -0.349 e. The molecule has 19 heavy (non-hydrogen) atoms. The Morgan fingerprint density at radius 1 is 1.21 bits per heavy atom. The van der Waals surface area contributed by atoms with Gasteiger partial charge in [-0.3, -0.25) is 4.79 Å². The Kier molecular flexibility index (Phi) is 5.10. The Labute approximate surface area is 128 Å². The molecule has 1 atom stereocenters. The maximum absolute atomic E-state index is 11.9. The average molecular weight is 384 g/mol. The predicted molar refractivity (Wildman–Crippen MR) is 82.4 cm³/mol. The van der Waals surface area contributed by atoms with Crippen molar-refractivity contribution >= 4 is 37.8 Å². The van der Waals surface area contributed by atoms with Crippen molar-refractivity contribution in [1.82, 2.24) is 10.3 Å². The van der Waals surface area contributed by atoms with Gasteiger partial charge in [0.05, 0.1) is 4.83 Å². The first-order valence-electron chi connectivity index (χ1n) is 5.75. The molecule has 1 amide bonds. The minimum atomic E-state index is -0.173. The van der Waals surface area contributed by atoms with E-state index in [0.717, 1.165) is 10.0 Å². The second-order valence-electron chi connectivity index (χ2n) is 3.95. The summed E-state index contributed by atoms with van der Waals surface area (Å²) in [5.74, 6) is -0.173. The molecule has 3 nitrogen and oxygen atoms in total. The number of aromatic nitrogens is 1. The molecule has 0 aliphatic carbocycles. The zero-order valence-corrected chi connectivity index (χ0v) is 13.2. The van der Waals surface area contributed by atoms with Crippen molar-refractivity contribution in [2.75, 3.05) is 6.54 Å². The van der Waals surface area contributed by atoms with Gasteiger partial charge in [0.25, 0.3) is 5.91 Å². The molecule has 0 saturated heterocycles. The lowest BCUT2D eigenvalue weighted by Gasteiger charge is -2.11. The predicted octanol–water partition coefficient (Wildman–Crippen LogP) is 3.71. The molecule has 0 fully saturated rings. The van der Waals surface area contributed by atoms with Crippen LogP contribution < -0.4 is 5.32 Å². The van der Waals surface area contributed by atoms with Crippen molar-refractivity contribution in [1.29, 1.82) is 0 Å². The quantitative estimate of drug-likeness (QED) is 0.817. The van der Waals surface area contributed by atoms with Crippen LogP contribution in [0.3, 0.4) is 0 Å². The van der Waals surface area contributed by atoms with Crippen LogP contribution in [0.2, 0.25) is 0 Å². The molecule has 1 aromatic carbocycles. The number of carbonyl (C=O) groups excluding carboxylic acids is 1. The van der Waals surface area contributed by atoms with Gasteiger partial charge in [0.15, 0.2) is 0 Å². The number of rotatable bonds is 4. The summed E-state index contributed by atoms with van der Waals surface area (Å²) in [6.45, 7) is 0.514. The molecule has 1 aromatic heterocycles. The van der Waals surface area contributed by atoms with E-state index in [4.69, 9.17) is 0 Å². The van der Waals surface area contributed by atoms with Crippen LogP contribution in [0.5, 0.6) is 0 Å². The Hall–Kier alpha value is -1.20. The molecule has 0 aliphatic heterocycles. The summed E-state index contributed by atoms with van der Waals surface area (Å²) in [6, 6.07) is 13.4. The number of nitrogens with one attached hydrogen (secondary N) is 1. The van der Waals surface area contributed by atoms with E-state index in [1.165, 1.54) is 0 Å². The Balaban J connectivity index is 1.92. The van der Waals surface area contributed by atoms with Crippen LogP contribution in [0.15, 0.2) is 53.1 Å². The van der Waals surface area contributed by atoms with Crippen LogP contribution in [-0.2, 0) is 0 Å². The summed E-state index contributed by atoms with van der Waals surface area (Å²) in [5, 5.41) is 2.85. The summed E-state index contributed by atoms with van der Waals surface area (Å²) < 4.78 is 0.853. The van der Waals surface area contributed by atoms with Gasteiger partial charge in [-0.25, -0.2) is 4.98 Å². The second-order valence-corrected chi connectivity index (χ2v) is 5.97. The number of alkyl halides is 1. The third-order valence-electron chi connectivity index (χ3n) is 2.56. The maximum atomic E-state index is 11.9. The number of nitrogens with zero attached hydrogens (tertiary/aromatic N) is 1. The van der Waals surface area contributed by atoms with E-state index >= 15 is 0 Å². The highest BCUT2D eigenvalue weighted by Gasteiger charge is 2.11. The van der Waals surface area contributed by atoms with E-state index in [9.17, 15) is 4.79 Å². The maximum Gasteiger partial charge on any atom is 0.269 e. The summed E-state index contributed by atoms with van der Waals surface area (Å²) in [5.41, 5.74) is 1.54. The first kappa shape index (κ1) is 14.2. The van der Waals surface area contributed by atoms with Gasteiger partial charge in [-0.2, -0.15) is 0 Å². The lowest BCUT2D eigenvalue weighted by molar-refractivity contribution is 0.0949. The van der Waals surface area contributed by atoms with E-state index in [1.807, 2.05) is 30.3 Å². The molecule has 98 valence electrons. The van der Waals surface area contributed by atoms with Gasteiger partial charge in [-0.15, -0.1) is 0 Å². The number of carbonyl (C=O) groups is 1. The van der Waals surface area contributed by atoms with Gasteiger partial charge in [0.1, 0.15) is 5.69 Å². The summed E-state index contributed by atoms with van der Waals surface area (Å²) in [6.07, 6.45) is 1.61. The van der Waals surface area contributed by atoms with Crippen LogP contribution in [-0.4, -0.2) is 17.4 Å². The van der Waals surface area contributed by atoms with Crippen molar-refractivity contribution < 1.29 is 4.79 Å². The molecule has 0 aliphatic rings. The average Bonchev–Trinajstić information content (AvgIpc) is 2.46. The number of amides is 1. The van der Waals surface area contributed by atoms with Gasteiger partial charge in [-0.05, 0) is 33.6 Å². The van der Waals surface area contributed by atoms with Gasteiger partial charge < -0.3 is 5.32 Å². The van der Waals surface area contributed by atoms with Crippen LogP contribution in [0, 0.1) is 0 Å². The van der Waals surface area contributed by atoms with Gasteiger partial charge >= 0.3 is 0 Å². The molecule has 0 bridgehead atoms. The number of halogens is 2. The SMILES string of the molecule is O=C(NCC(Br)c1ccccc1)c1ccc(Br)cn1. The highest BCUT2D eigenvalue weighted by Crippen LogP contribution is 2.21. The van der Waals surface area contributed by atoms with Gasteiger partial charge in [-0.1, -0.05) is 46.3 Å². The summed E-state index contributed by atoms with van der Waals surface area (Å²) in [4.78, 5) is 16.0. The zero-order valence-electron chi connectivity index (χ0n) is 10.0. The Bertz CT molecular complexity index is 543. The molecule has 1 unspecified atom stereocenters. The van der Waals surface area contributed by atoms with E-state index in [2.05, 4.69) is 42.2 Å². The first-order chi connectivity index (χ1) is 9.16. The van der Waals surface area contributed by atoms with E-state index in [1.54, 1.807) is 18.3 Å². The molecule has 2 aromatic rings. The lowest BCUT2D eigenvalue weighted by atomic mass is 10.1. The number of hydrogen-bond donors (Lipinski definition) is 1. The van der Waals surface area contributed by atoms with Crippen molar-refractivity contribution in [3.63, 3.8) is 0 Å². The minimum absolute atomic E-state index is 0.0908. The largest absolute Gasteiger partial charge is 0.349 e. The number of hydrogen-bond acceptors (Lipinski definition) is 2. The molecule has 1 N–H and O–H groups in total. The fraction of sp³-hybridized carbons (Fsp3) is 0.143. The van der Waals surface area contributed by atoms with Crippen molar-refractivity contribution in [3.05, 3.63) is 64.4 Å². The molecule has 0 radical (unpaired) electrons. The van der Waals surface area contributed by atoms with E-state index in [-0.39, 0.29) is 10.7 Å². The fourth-order valence-electron chi connectivity index (χ4n) is 1.56. The molecule has 1 heterocycles. The van der Waals surface area contributed by atoms with E-state index in [0.29, 0.717) is 12.2 Å². The highest BCUT2D eigenvalue weighted by molar-refractivity contribution is 9.10. The zero-order chi connectivity index (χ0) is 13.7. The molecule has 0 spiro atoms. The normalized spacial score (nSPS) is 11.9. The highest BCUT2D eigenvalue weighted by atomic mass is 79.9. The smallest absolute Gasteiger partial charge is 0.269 e. The molecular formula is C14H12Br2N2O. The lowest BCUT2D eigenvalue weighted by Crippen LogP contribution is -2.27. The number of pyridine rings is 1. The van der Waals surface area contributed by atoms with Crippen molar-refractivity contribution in [3.8, 4) is 0 Å². The first-order valence-corrected chi connectivity index (χ1v) is 7.46. The standard InChI is InChI=1S/C14H12Br2N2O/c15-11-6-7-13(17-8-11)14(19)18-9-12(16)10-4-2-1-3-5-10/h1-8,12H,9H2,(H,18,19). The van der Waals surface area contributed by atoms with Crippen LogP contribution in [0.1, 0.15) is 20.9 Å². The summed E-state index contributed by atoms with van der Waals surface area (Å²) >= 11 is 6.84. The Morgan fingerprint density at radius 3 is 2.58 bits per heavy atom. The van der Waals surface area contributed by atoms with Gasteiger partial charge in [0, 0.05) is 17.2 Å². The van der Waals surface area contributed by atoms with E-state index < -0.39 is 0 Å². The summed E-state index contributed by atoms with van der Waals surface area (Å²) in [7, 11) is 0. The monoisotopic (exact) mass is 382 g/mol. The second kappa shape index (κ2) is 6.82. The van der Waals surface area contributed by atoms with Crippen LogP contribution >= 0.6 is 31.9 Å². The third kappa shape index (κ3) is 4.14. The third-order valence-corrected chi connectivity index (χ3v) is 3.88. The Morgan fingerprint density at radius 2 is 1.95 bits per heavy atom. The van der Waals surface area contributed by atoms with Crippen molar-refractivity contribution in [2.24, 2.45) is 0 Å². The van der Waals surface area contributed by atoms with Crippen LogP contribution in [0.25, 0.3) is 0 Å². The molecule has 2 rings (SSSR count).